The molecule has 0 unspecified atom stereocenters. The molecular weight excluding hydrogens is 281 g/mol. The molecule has 1 aromatic carbocycles. The maximum Gasteiger partial charge on any atom is 0.206 e. The number of nitrogens with one attached hydrogen (secondary N) is 2. The monoisotopic (exact) mass is 287 g/mol. The lowest BCUT2D eigenvalue weighted by Gasteiger charge is -2.02. The highest BCUT2D eigenvalue weighted by Crippen LogP contribution is 2.24. The van der Waals surface area contributed by atoms with Crippen LogP contribution in [-0.4, -0.2) is 20.6 Å². The lowest BCUT2D eigenvalue weighted by atomic mass is 10.2. The van der Waals surface area contributed by atoms with Crippen LogP contribution in [0.5, 0.6) is 0 Å². The Kier molecular flexibility index (Phi) is 2.39. The summed E-state index contributed by atoms with van der Waals surface area (Å²) in [6, 6.07) is 7.78. The number of benzene rings is 1. The van der Waals surface area contributed by atoms with Crippen LogP contribution in [0.3, 0.4) is 0 Å². The molecule has 0 aliphatic rings. The molecule has 0 saturated carbocycles. The van der Waals surface area contributed by atoms with Crippen LogP contribution in [0.2, 0.25) is 0 Å². The first-order valence-corrected chi connectivity index (χ1v) is 4.69. The molecule has 0 radical (unpaired) electrons. The number of hydrogen-bond donors (Lipinski definition) is 2. The maximum absolute atomic E-state index is 3.90. The lowest BCUT2D eigenvalue weighted by molar-refractivity contribution is 0.881. The van der Waals surface area contributed by atoms with Gasteiger partial charge in [0.1, 0.15) is 0 Å². The lowest BCUT2D eigenvalue weighted by Crippen LogP contribution is -1.87. The van der Waals surface area contributed by atoms with Crippen LogP contribution in [0.25, 0.3) is 11.4 Å². The molecule has 6 heteroatoms. The number of tetrazole rings is 1. The van der Waals surface area contributed by atoms with Crippen LogP contribution in [0.4, 0.5) is 5.69 Å². The van der Waals surface area contributed by atoms with E-state index in [9.17, 15) is 0 Å². The summed E-state index contributed by atoms with van der Waals surface area (Å²) in [6.07, 6.45) is 0. The molecule has 2 N–H and O–H groups in total. The van der Waals surface area contributed by atoms with Crippen molar-refractivity contribution in [3.63, 3.8) is 0 Å². The van der Waals surface area contributed by atoms with Gasteiger partial charge < -0.3 is 3.53 Å². The molecule has 0 atom stereocenters. The molecule has 0 bridgehead atoms. The largest absolute Gasteiger partial charge is 0.328 e. The molecule has 2 aromatic rings. The minimum Gasteiger partial charge on any atom is -0.328 e. The van der Waals surface area contributed by atoms with Crippen molar-refractivity contribution in [2.75, 3.05) is 3.53 Å². The van der Waals surface area contributed by atoms with E-state index >= 15 is 0 Å². The third-order valence-electron chi connectivity index (χ3n) is 1.62. The Balaban J connectivity index is 2.51. The molecule has 66 valence electrons. The molecule has 2 rings (SSSR count). The highest BCUT2D eigenvalue weighted by atomic mass is 127. The molecule has 5 nitrogen and oxygen atoms in total. The summed E-state index contributed by atoms with van der Waals surface area (Å²) in [7, 11) is 0. The second kappa shape index (κ2) is 3.69. The first-order valence-electron chi connectivity index (χ1n) is 3.61. The van der Waals surface area contributed by atoms with Gasteiger partial charge >= 0.3 is 0 Å². The van der Waals surface area contributed by atoms with E-state index in [-0.39, 0.29) is 0 Å². The van der Waals surface area contributed by atoms with Crippen molar-refractivity contribution in [3.05, 3.63) is 24.3 Å². The Labute approximate surface area is 88.4 Å². The van der Waals surface area contributed by atoms with E-state index < -0.39 is 0 Å². The number of anilines is 1. The van der Waals surface area contributed by atoms with Crippen molar-refractivity contribution >= 4 is 28.6 Å². The van der Waals surface area contributed by atoms with Crippen LogP contribution >= 0.6 is 22.9 Å². The Morgan fingerprint density at radius 3 is 2.85 bits per heavy atom. The molecule has 0 amide bonds. The number of halogens is 1. The number of H-pyrrole nitrogens is 1. The van der Waals surface area contributed by atoms with E-state index in [0.717, 1.165) is 11.3 Å². The Hall–Kier alpha value is -1.18. The molecule has 0 aliphatic carbocycles. The van der Waals surface area contributed by atoms with Gasteiger partial charge in [-0.1, -0.05) is 12.1 Å². The minimum absolute atomic E-state index is 0.597. The minimum atomic E-state index is 0.597. The van der Waals surface area contributed by atoms with Gasteiger partial charge in [-0.05, 0) is 17.3 Å². The average molecular weight is 287 g/mol. The molecule has 13 heavy (non-hydrogen) atoms. The van der Waals surface area contributed by atoms with Gasteiger partial charge in [-0.25, -0.2) is 0 Å². The molecule has 0 spiro atoms. The number of para-hydroxylation sites is 1. The first-order chi connectivity index (χ1) is 6.42. The predicted octanol–water partition coefficient (Wildman–Crippen LogP) is 1.63. The molecule has 0 saturated heterocycles. The van der Waals surface area contributed by atoms with Gasteiger partial charge in [0.25, 0.3) is 0 Å². The summed E-state index contributed by atoms with van der Waals surface area (Å²) >= 11 is 2.07. The van der Waals surface area contributed by atoms with Crippen LogP contribution in [0.1, 0.15) is 0 Å². The van der Waals surface area contributed by atoms with E-state index in [1.54, 1.807) is 0 Å². The topological polar surface area (TPSA) is 66.5 Å². The third kappa shape index (κ3) is 1.62. The highest BCUT2D eigenvalue weighted by Gasteiger charge is 2.06. The van der Waals surface area contributed by atoms with Crippen molar-refractivity contribution in [3.8, 4) is 11.4 Å². The number of rotatable bonds is 2. The zero-order chi connectivity index (χ0) is 9.10. The molecule has 0 aliphatic heterocycles. The fraction of sp³-hybridized carbons (Fsp3) is 0. The van der Waals surface area contributed by atoms with Crippen LogP contribution in [0, 0.1) is 0 Å². The fourth-order valence-electron chi connectivity index (χ4n) is 1.04. The summed E-state index contributed by atoms with van der Waals surface area (Å²) in [5, 5.41) is 13.7. The van der Waals surface area contributed by atoms with Crippen LogP contribution in [0.15, 0.2) is 24.3 Å². The molecule has 1 aromatic heterocycles. The van der Waals surface area contributed by atoms with Crippen molar-refractivity contribution in [2.24, 2.45) is 0 Å². The van der Waals surface area contributed by atoms with Crippen LogP contribution < -0.4 is 3.53 Å². The number of hydrogen-bond acceptors (Lipinski definition) is 4. The normalized spacial score (nSPS) is 9.92. The summed E-state index contributed by atoms with van der Waals surface area (Å²) in [4.78, 5) is 0. The third-order valence-corrected chi connectivity index (χ3v) is 2.20. The van der Waals surface area contributed by atoms with E-state index in [2.05, 4.69) is 47.0 Å². The van der Waals surface area contributed by atoms with Gasteiger partial charge in [0.05, 0.1) is 28.6 Å². The average Bonchev–Trinajstić information content (AvgIpc) is 2.70. The smallest absolute Gasteiger partial charge is 0.206 e. The van der Waals surface area contributed by atoms with Gasteiger partial charge in [-0.3, -0.25) is 0 Å². The van der Waals surface area contributed by atoms with Gasteiger partial charge in [0, 0.05) is 5.56 Å². The predicted molar refractivity (Wildman–Crippen MR) is 57.3 cm³/mol. The van der Waals surface area contributed by atoms with Crippen LogP contribution in [-0.2, 0) is 0 Å². The summed E-state index contributed by atoms with van der Waals surface area (Å²) in [6.45, 7) is 0. The second-order valence-electron chi connectivity index (χ2n) is 2.38. The zero-order valence-corrected chi connectivity index (χ0v) is 8.69. The van der Waals surface area contributed by atoms with E-state index in [1.165, 1.54) is 0 Å². The van der Waals surface area contributed by atoms with Gasteiger partial charge in [0.2, 0.25) is 5.82 Å². The molecule has 0 fully saturated rings. The van der Waals surface area contributed by atoms with Crippen molar-refractivity contribution in [1.82, 2.24) is 20.6 Å². The zero-order valence-electron chi connectivity index (χ0n) is 6.53. The van der Waals surface area contributed by atoms with Crippen molar-refractivity contribution < 1.29 is 0 Å². The standard InChI is InChI=1S/C7H6IN5/c8-9-6-4-2-1-3-5(6)7-10-12-13-11-7/h1-4,9H,(H,10,11,12,13). The van der Waals surface area contributed by atoms with Gasteiger partial charge in [-0.2, -0.15) is 5.21 Å². The van der Waals surface area contributed by atoms with Gasteiger partial charge in [0.15, 0.2) is 0 Å². The number of aromatic amines is 1. The second-order valence-corrected chi connectivity index (χ2v) is 2.91. The SMILES string of the molecule is INc1ccccc1-c1nn[nH]n1. The van der Waals surface area contributed by atoms with Gasteiger partial charge in [-0.15, -0.1) is 10.2 Å². The summed E-state index contributed by atoms with van der Waals surface area (Å²) < 4.78 is 3.03. The molecular formula is C7H6IN5. The van der Waals surface area contributed by atoms with E-state index in [1.807, 2.05) is 24.3 Å². The molecule has 1 heterocycles. The highest BCUT2D eigenvalue weighted by molar-refractivity contribution is 14.1. The van der Waals surface area contributed by atoms with E-state index in [4.69, 9.17) is 0 Å². The number of aromatic nitrogens is 4. The fourth-order valence-corrected chi connectivity index (χ4v) is 1.51. The first kappa shape index (κ1) is 8.42. The maximum atomic E-state index is 3.90. The Bertz CT molecular complexity index is 386. The van der Waals surface area contributed by atoms with E-state index in [0.29, 0.717) is 5.82 Å². The Morgan fingerprint density at radius 1 is 1.31 bits per heavy atom. The quantitative estimate of drug-likeness (QED) is 0.651. The van der Waals surface area contributed by atoms with Crippen molar-refractivity contribution in [2.45, 2.75) is 0 Å². The number of nitrogens with zero attached hydrogens (tertiary/aromatic N) is 3. The Morgan fingerprint density at radius 2 is 2.15 bits per heavy atom. The summed E-state index contributed by atoms with van der Waals surface area (Å²) in [5.74, 6) is 0.597. The summed E-state index contributed by atoms with van der Waals surface area (Å²) in [5.41, 5.74) is 1.91. The van der Waals surface area contributed by atoms with Crippen molar-refractivity contribution in [1.29, 1.82) is 0 Å².